The standard InChI is InChI=1S/C10H15O2/c1-4-5-8-12-10(11)7-6-9(2)3/h4-5,8H2,1-3H3. The molecule has 0 atom stereocenters. The zero-order chi connectivity index (χ0) is 9.40. The molecule has 0 aromatic carbocycles. The van der Waals surface area contributed by atoms with Crippen molar-refractivity contribution in [2.45, 2.75) is 33.6 Å². The summed E-state index contributed by atoms with van der Waals surface area (Å²) in [4.78, 5) is 10.8. The van der Waals surface area contributed by atoms with E-state index in [1.54, 1.807) is 0 Å². The summed E-state index contributed by atoms with van der Waals surface area (Å²) in [5, 5.41) is 0. The first-order chi connectivity index (χ1) is 5.66. The van der Waals surface area contributed by atoms with Crippen LogP contribution in [-0.4, -0.2) is 12.6 Å². The molecule has 0 saturated carbocycles. The van der Waals surface area contributed by atoms with Crippen LogP contribution in [0.3, 0.4) is 0 Å². The molecule has 67 valence electrons. The van der Waals surface area contributed by atoms with Crippen LogP contribution in [0.25, 0.3) is 0 Å². The Bertz CT molecular complexity index is 194. The molecule has 0 aliphatic heterocycles. The van der Waals surface area contributed by atoms with Gasteiger partial charge in [0, 0.05) is 0 Å². The largest absolute Gasteiger partial charge is 0.462 e. The molecule has 0 amide bonds. The van der Waals surface area contributed by atoms with Crippen LogP contribution in [0.5, 0.6) is 0 Å². The monoisotopic (exact) mass is 167 g/mol. The molecule has 0 aromatic heterocycles. The summed E-state index contributed by atoms with van der Waals surface area (Å²) in [5.74, 6) is -0.426. The molecule has 2 heteroatoms. The van der Waals surface area contributed by atoms with E-state index in [0.29, 0.717) is 6.61 Å². The average Bonchev–Trinajstić information content (AvgIpc) is 2.01. The fourth-order valence-electron chi connectivity index (χ4n) is 0.521. The normalized spacial score (nSPS) is 8.58. The van der Waals surface area contributed by atoms with E-state index in [1.807, 2.05) is 20.8 Å². The van der Waals surface area contributed by atoms with Gasteiger partial charge in [-0.15, -0.1) is 5.73 Å². The molecule has 12 heavy (non-hydrogen) atoms. The van der Waals surface area contributed by atoms with Gasteiger partial charge in [-0.2, -0.15) is 0 Å². The molecular formula is C10H15O2. The highest BCUT2D eigenvalue weighted by molar-refractivity contribution is 5.77. The van der Waals surface area contributed by atoms with Gasteiger partial charge in [0.2, 0.25) is 0 Å². The fraction of sp³-hybridized carbons (Fsp3) is 0.600. The van der Waals surface area contributed by atoms with Gasteiger partial charge in [0.25, 0.3) is 0 Å². The van der Waals surface area contributed by atoms with Gasteiger partial charge in [0.05, 0.1) is 6.61 Å². The maximum atomic E-state index is 10.8. The summed E-state index contributed by atoms with van der Waals surface area (Å²) >= 11 is 0. The Morgan fingerprint density at radius 2 is 2.08 bits per heavy atom. The second-order valence-electron chi connectivity index (χ2n) is 2.74. The molecular weight excluding hydrogens is 152 g/mol. The minimum absolute atomic E-state index is 0.426. The van der Waals surface area contributed by atoms with Crippen molar-refractivity contribution >= 4 is 5.97 Å². The Morgan fingerprint density at radius 3 is 2.58 bits per heavy atom. The minimum Gasteiger partial charge on any atom is -0.462 e. The van der Waals surface area contributed by atoms with Crippen molar-refractivity contribution in [3.05, 3.63) is 17.4 Å². The van der Waals surface area contributed by atoms with Crippen molar-refractivity contribution in [2.75, 3.05) is 6.61 Å². The number of carbonyl (C=O) groups is 1. The molecule has 0 unspecified atom stereocenters. The first-order valence-electron chi connectivity index (χ1n) is 4.15. The summed E-state index contributed by atoms with van der Waals surface area (Å²) < 4.78 is 4.81. The van der Waals surface area contributed by atoms with Gasteiger partial charge < -0.3 is 4.74 Å². The van der Waals surface area contributed by atoms with E-state index in [1.165, 1.54) is 0 Å². The van der Waals surface area contributed by atoms with E-state index in [2.05, 4.69) is 11.8 Å². The lowest BCUT2D eigenvalue weighted by atomic mass is 10.3. The first kappa shape index (κ1) is 11.0. The van der Waals surface area contributed by atoms with E-state index >= 15 is 0 Å². The molecule has 0 bridgehead atoms. The predicted octanol–water partition coefficient (Wildman–Crippen LogP) is 2.25. The summed E-state index contributed by atoms with van der Waals surface area (Å²) in [6.07, 6.45) is 4.33. The zero-order valence-corrected chi connectivity index (χ0v) is 7.94. The van der Waals surface area contributed by atoms with Crippen LogP contribution in [0.1, 0.15) is 33.6 Å². The third kappa shape index (κ3) is 7.10. The second-order valence-corrected chi connectivity index (χ2v) is 2.74. The molecule has 0 fully saturated rings. The Labute approximate surface area is 73.9 Å². The minimum atomic E-state index is -0.426. The van der Waals surface area contributed by atoms with Gasteiger partial charge in [-0.25, -0.2) is 4.79 Å². The van der Waals surface area contributed by atoms with Crippen molar-refractivity contribution in [1.29, 1.82) is 0 Å². The quantitative estimate of drug-likeness (QED) is 0.278. The Hall–Kier alpha value is -1.01. The van der Waals surface area contributed by atoms with Gasteiger partial charge in [0.15, 0.2) is 0 Å². The number of hydrogen-bond acceptors (Lipinski definition) is 2. The molecule has 0 aromatic rings. The van der Waals surface area contributed by atoms with Crippen LogP contribution in [-0.2, 0) is 9.53 Å². The maximum Gasteiger partial charge on any atom is 0.347 e. The van der Waals surface area contributed by atoms with Crippen molar-refractivity contribution in [1.82, 2.24) is 0 Å². The smallest absolute Gasteiger partial charge is 0.347 e. The highest BCUT2D eigenvalue weighted by atomic mass is 16.5. The van der Waals surface area contributed by atoms with Crippen molar-refractivity contribution < 1.29 is 9.53 Å². The van der Waals surface area contributed by atoms with Crippen LogP contribution in [0, 0.1) is 6.08 Å². The van der Waals surface area contributed by atoms with Gasteiger partial charge in [0.1, 0.15) is 6.08 Å². The number of hydrogen-bond donors (Lipinski definition) is 0. The number of ether oxygens (including phenoxy) is 1. The molecule has 0 spiro atoms. The average molecular weight is 167 g/mol. The molecule has 0 saturated heterocycles. The van der Waals surface area contributed by atoms with Gasteiger partial charge >= 0.3 is 5.97 Å². The molecule has 0 rings (SSSR count). The lowest BCUT2D eigenvalue weighted by Crippen LogP contribution is -2.01. The van der Waals surface area contributed by atoms with E-state index in [4.69, 9.17) is 4.74 Å². The van der Waals surface area contributed by atoms with Gasteiger partial charge in [-0.05, 0) is 25.8 Å². The highest BCUT2D eigenvalue weighted by Gasteiger charge is 1.94. The Morgan fingerprint density at radius 1 is 1.42 bits per heavy atom. The summed E-state index contributed by atoms with van der Waals surface area (Å²) in [6.45, 7) is 6.23. The van der Waals surface area contributed by atoms with Gasteiger partial charge in [-0.1, -0.05) is 13.3 Å². The lowest BCUT2D eigenvalue weighted by Gasteiger charge is -1.96. The SMILES string of the molecule is CCCCOC(=O)[C]=C=C(C)C. The van der Waals surface area contributed by atoms with Crippen LogP contribution >= 0.6 is 0 Å². The molecule has 0 aliphatic carbocycles. The van der Waals surface area contributed by atoms with Gasteiger partial charge in [-0.3, -0.25) is 0 Å². The molecule has 0 aliphatic rings. The number of esters is 1. The van der Waals surface area contributed by atoms with Crippen LogP contribution in [0.4, 0.5) is 0 Å². The molecule has 0 heterocycles. The molecule has 2 nitrogen and oxygen atoms in total. The molecule has 0 N–H and O–H groups in total. The maximum absolute atomic E-state index is 10.8. The first-order valence-corrected chi connectivity index (χ1v) is 4.15. The van der Waals surface area contributed by atoms with Crippen LogP contribution in [0.15, 0.2) is 11.3 Å². The van der Waals surface area contributed by atoms with Crippen LogP contribution in [0.2, 0.25) is 0 Å². The zero-order valence-electron chi connectivity index (χ0n) is 7.94. The van der Waals surface area contributed by atoms with Crippen molar-refractivity contribution in [2.24, 2.45) is 0 Å². The van der Waals surface area contributed by atoms with Crippen molar-refractivity contribution in [3.63, 3.8) is 0 Å². The van der Waals surface area contributed by atoms with E-state index < -0.39 is 5.97 Å². The third-order valence-electron chi connectivity index (χ3n) is 1.15. The van der Waals surface area contributed by atoms with Crippen LogP contribution < -0.4 is 0 Å². The summed E-state index contributed by atoms with van der Waals surface area (Å²) in [6, 6.07) is 0. The fourth-order valence-corrected chi connectivity index (χ4v) is 0.521. The number of unbranched alkanes of at least 4 members (excludes halogenated alkanes) is 1. The number of rotatable bonds is 4. The third-order valence-corrected chi connectivity index (χ3v) is 1.15. The van der Waals surface area contributed by atoms with E-state index in [0.717, 1.165) is 18.4 Å². The topological polar surface area (TPSA) is 26.3 Å². The second kappa shape index (κ2) is 6.68. The number of carbonyl (C=O) groups excluding carboxylic acids is 1. The van der Waals surface area contributed by atoms with E-state index in [9.17, 15) is 4.79 Å². The molecule has 1 radical (unpaired) electrons. The van der Waals surface area contributed by atoms with E-state index in [-0.39, 0.29) is 0 Å². The Kier molecular flexibility index (Phi) is 6.12. The summed E-state index contributed by atoms with van der Waals surface area (Å²) in [7, 11) is 0. The highest BCUT2D eigenvalue weighted by Crippen LogP contribution is 1.89. The lowest BCUT2D eigenvalue weighted by molar-refractivity contribution is -0.138. The Balaban J connectivity index is 3.68. The predicted molar refractivity (Wildman–Crippen MR) is 47.5 cm³/mol. The van der Waals surface area contributed by atoms with Crippen molar-refractivity contribution in [3.8, 4) is 0 Å². The summed E-state index contributed by atoms with van der Waals surface area (Å²) in [5.41, 5.74) is 3.58.